The summed E-state index contributed by atoms with van der Waals surface area (Å²) in [4.78, 5) is 26.0. The molecule has 0 aromatic heterocycles. The summed E-state index contributed by atoms with van der Waals surface area (Å²) in [6, 6.07) is 15.8. The van der Waals surface area contributed by atoms with E-state index in [9.17, 15) is 14.7 Å². The highest BCUT2D eigenvalue weighted by atomic mass is 16.7. The van der Waals surface area contributed by atoms with Crippen LogP contribution in [-0.4, -0.2) is 60.4 Å². The van der Waals surface area contributed by atoms with Gasteiger partial charge in [-0.05, 0) is 36.5 Å². The molecule has 4 rings (SSSR count). The number of ether oxygens (including phenoxy) is 3. The molecule has 0 radical (unpaired) electrons. The van der Waals surface area contributed by atoms with E-state index in [0.717, 1.165) is 41.8 Å². The summed E-state index contributed by atoms with van der Waals surface area (Å²) in [5.74, 6) is -0.476. The molecular weight excluding hydrogens is 522 g/mol. The molecule has 1 saturated carbocycles. The fourth-order valence-electron chi connectivity index (χ4n) is 5.50. The van der Waals surface area contributed by atoms with Crippen molar-refractivity contribution in [3.05, 3.63) is 83.4 Å². The Balaban J connectivity index is 1.42. The van der Waals surface area contributed by atoms with Gasteiger partial charge in [-0.25, -0.2) is 4.79 Å². The van der Waals surface area contributed by atoms with E-state index in [1.165, 1.54) is 25.7 Å². The predicted octanol–water partition coefficient (Wildman–Crippen LogP) is 4.52. The number of aliphatic hydroxyl groups excluding tert-OH is 1. The van der Waals surface area contributed by atoms with Crippen LogP contribution in [0.2, 0.25) is 0 Å². The number of nitrogens with zero attached hydrogens (tertiary/aromatic N) is 1. The molecule has 1 aliphatic carbocycles. The van der Waals surface area contributed by atoms with Crippen LogP contribution in [0.15, 0.2) is 61.2 Å². The number of carbonyl (C=O) groups is 2. The molecule has 222 valence electrons. The number of nitrogens with one attached hydrogen (secondary N) is 2. The van der Waals surface area contributed by atoms with Crippen LogP contribution in [0.4, 0.5) is 4.79 Å². The molecule has 3 atom stereocenters. The lowest BCUT2D eigenvalue weighted by molar-refractivity contribution is -0.253. The molecule has 41 heavy (non-hydrogen) atoms. The average molecular weight is 566 g/mol. The maximum Gasteiger partial charge on any atom is 0.325 e. The van der Waals surface area contributed by atoms with Gasteiger partial charge in [0, 0.05) is 37.7 Å². The molecule has 2 aromatic carbocycles. The molecule has 2 fully saturated rings. The van der Waals surface area contributed by atoms with Gasteiger partial charge in [-0.2, -0.15) is 0 Å². The first-order valence-electron chi connectivity index (χ1n) is 14.6. The second kappa shape index (κ2) is 15.7. The number of carbonyl (C=O) groups excluding carboxylic acids is 2. The zero-order valence-electron chi connectivity index (χ0n) is 23.9. The molecule has 9 heteroatoms. The largest absolute Gasteiger partial charge is 0.465 e. The van der Waals surface area contributed by atoms with Crippen LogP contribution < -0.4 is 10.6 Å². The second-order valence-corrected chi connectivity index (χ2v) is 10.6. The maximum atomic E-state index is 12.0. The fraction of sp³-hybridized carbons (Fsp3) is 0.500. The number of aliphatic hydroxyl groups is 1. The Morgan fingerprint density at radius 1 is 1.02 bits per heavy atom. The molecule has 0 spiro atoms. The smallest absolute Gasteiger partial charge is 0.325 e. The molecular formula is C32H43N3O6. The highest BCUT2D eigenvalue weighted by Crippen LogP contribution is 2.38. The van der Waals surface area contributed by atoms with Crippen molar-refractivity contribution in [2.75, 3.05) is 26.2 Å². The van der Waals surface area contributed by atoms with Crippen LogP contribution >= 0.6 is 0 Å². The van der Waals surface area contributed by atoms with Crippen molar-refractivity contribution < 1.29 is 28.9 Å². The summed E-state index contributed by atoms with van der Waals surface area (Å²) in [7, 11) is 0. The minimum absolute atomic E-state index is 0.00628. The van der Waals surface area contributed by atoms with Crippen molar-refractivity contribution in [1.82, 2.24) is 15.5 Å². The Labute approximate surface area is 242 Å². The van der Waals surface area contributed by atoms with Gasteiger partial charge < -0.3 is 30.0 Å². The van der Waals surface area contributed by atoms with Crippen molar-refractivity contribution in [2.24, 2.45) is 0 Å². The fourth-order valence-corrected chi connectivity index (χ4v) is 5.50. The van der Waals surface area contributed by atoms with Crippen molar-refractivity contribution in [3.63, 3.8) is 0 Å². The first-order valence-corrected chi connectivity index (χ1v) is 14.6. The van der Waals surface area contributed by atoms with E-state index in [2.05, 4.69) is 22.1 Å². The Hall–Kier alpha value is -3.24. The van der Waals surface area contributed by atoms with Crippen molar-refractivity contribution >= 4 is 12.0 Å². The predicted molar refractivity (Wildman–Crippen MR) is 156 cm³/mol. The molecule has 1 heterocycles. The molecule has 9 nitrogen and oxygen atoms in total. The van der Waals surface area contributed by atoms with Gasteiger partial charge in [0.2, 0.25) is 0 Å². The third-order valence-electron chi connectivity index (χ3n) is 7.66. The first kappa shape index (κ1) is 30.7. The number of hydrogen-bond donors (Lipinski definition) is 3. The Bertz CT molecular complexity index is 1120. The summed E-state index contributed by atoms with van der Waals surface area (Å²) in [5, 5.41) is 14.7. The number of amides is 2. The molecule has 1 saturated heterocycles. The average Bonchev–Trinajstić information content (AvgIpc) is 3.54. The standard InChI is InChI=1S/C32H43N3O6/c1-3-17-35(27-7-5-6-8-27)21-28-18-29(25-13-11-24(22-36)12-14-25)41-31(40-28)26-15-9-23(10-16-26)19-33-32(38)34-20-30(37)39-4-2/h3,9-16,27-29,31,36H,1,4-8,17-22H2,2H3,(H2,33,34,38)/t28-,29+,31+/m0/s1. The van der Waals surface area contributed by atoms with Crippen LogP contribution in [0.3, 0.4) is 0 Å². The SMILES string of the molecule is C=CCN(C[C@@H]1C[C@H](c2ccc(CO)cc2)O[C@H](c2ccc(CNC(=O)NCC(=O)OCC)cc2)O1)C1CCCC1. The summed E-state index contributed by atoms with van der Waals surface area (Å²) < 4.78 is 17.9. The van der Waals surface area contributed by atoms with Crippen LogP contribution in [0.5, 0.6) is 0 Å². The molecule has 0 bridgehead atoms. The van der Waals surface area contributed by atoms with Crippen LogP contribution in [0, 0.1) is 0 Å². The van der Waals surface area contributed by atoms with Crippen LogP contribution in [0.25, 0.3) is 0 Å². The molecule has 3 N–H and O–H groups in total. The normalized spacial score (nSPS) is 21.0. The van der Waals surface area contributed by atoms with Gasteiger partial charge in [0.25, 0.3) is 0 Å². The van der Waals surface area contributed by atoms with Crippen molar-refractivity contribution in [3.8, 4) is 0 Å². The van der Waals surface area contributed by atoms with Gasteiger partial charge in [-0.3, -0.25) is 9.69 Å². The lowest BCUT2D eigenvalue weighted by Gasteiger charge is -2.39. The molecule has 1 aliphatic heterocycles. The molecule has 2 aliphatic rings. The highest BCUT2D eigenvalue weighted by molar-refractivity contribution is 5.80. The molecule has 0 unspecified atom stereocenters. The Morgan fingerprint density at radius 3 is 2.37 bits per heavy atom. The zero-order chi connectivity index (χ0) is 29.0. The summed E-state index contributed by atoms with van der Waals surface area (Å²) in [6.07, 6.45) is 6.95. The van der Waals surface area contributed by atoms with Crippen LogP contribution in [-0.2, 0) is 32.2 Å². The topological polar surface area (TPSA) is 109 Å². The number of benzene rings is 2. The number of esters is 1. The summed E-state index contributed by atoms with van der Waals surface area (Å²) >= 11 is 0. The second-order valence-electron chi connectivity index (χ2n) is 10.6. The monoisotopic (exact) mass is 565 g/mol. The lowest BCUT2D eigenvalue weighted by Crippen LogP contribution is -2.43. The third-order valence-corrected chi connectivity index (χ3v) is 7.66. The zero-order valence-corrected chi connectivity index (χ0v) is 23.9. The van der Waals surface area contributed by atoms with Crippen molar-refractivity contribution in [1.29, 1.82) is 0 Å². The minimum atomic E-state index is -0.541. The quantitative estimate of drug-likeness (QED) is 0.242. The van der Waals surface area contributed by atoms with Crippen molar-refractivity contribution in [2.45, 2.75) is 76.7 Å². The van der Waals surface area contributed by atoms with Gasteiger partial charge in [0.15, 0.2) is 6.29 Å². The van der Waals surface area contributed by atoms with Gasteiger partial charge in [0.05, 0.1) is 25.4 Å². The number of hydrogen-bond acceptors (Lipinski definition) is 7. The van der Waals surface area contributed by atoms with Crippen LogP contribution in [0.1, 0.15) is 73.7 Å². The van der Waals surface area contributed by atoms with E-state index in [1.807, 2.05) is 54.6 Å². The minimum Gasteiger partial charge on any atom is -0.465 e. The highest BCUT2D eigenvalue weighted by Gasteiger charge is 2.34. The van der Waals surface area contributed by atoms with E-state index < -0.39 is 18.3 Å². The van der Waals surface area contributed by atoms with Gasteiger partial charge in [-0.1, -0.05) is 67.4 Å². The van der Waals surface area contributed by atoms with E-state index in [-0.39, 0.29) is 32.0 Å². The molecule has 2 aromatic rings. The number of rotatable bonds is 13. The summed E-state index contributed by atoms with van der Waals surface area (Å²) in [5.41, 5.74) is 3.73. The van der Waals surface area contributed by atoms with Gasteiger partial charge in [0.1, 0.15) is 6.54 Å². The molecule has 2 amide bonds. The Kier molecular flexibility index (Phi) is 11.7. The van der Waals surface area contributed by atoms with E-state index >= 15 is 0 Å². The maximum absolute atomic E-state index is 12.0. The lowest BCUT2D eigenvalue weighted by atomic mass is 9.99. The van der Waals surface area contributed by atoms with Gasteiger partial charge >= 0.3 is 12.0 Å². The first-order chi connectivity index (χ1) is 20.0. The number of urea groups is 1. The third kappa shape index (κ3) is 9.13. The van der Waals surface area contributed by atoms with E-state index in [1.54, 1.807) is 6.92 Å². The van der Waals surface area contributed by atoms with E-state index in [0.29, 0.717) is 12.6 Å². The summed E-state index contributed by atoms with van der Waals surface area (Å²) in [6.45, 7) is 7.76. The van der Waals surface area contributed by atoms with Gasteiger partial charge in [-0.15, -0.1) is 6.58 Å². The van der Waals surface area contributed by atoms with E-state index in [4.69, 9.17) is 14.2 Å². The Morgan fingerprint density at radius 2 is 1.71 bits per heavy atom.